The van der Waals surface area contributed by atoms with Crippen molar-refractivity contribution in [1.82, 2.24) is 9.97 Å². The number of carbonyl (C=O) groups excluding carboxylic acids is 1. The molecule has 0 aliphatic carbocycles. The van der Waals surface area contributed by atoms with Gasteiger partial charge in [0.05, 0.1) is 0 Å². The van der Waals surface area contributed by atoms with Gasteiger partial charge in [-0.05, 0) is 48.9 Å². The van der Waals surface area contributed by atoms with Gasteiger partial charge >= 0.3 is 0 Å². The Balaban J connectivity index is 1.81. The molecule has 1 atom stereocenters. The van der Waals surface area contributed by atoms with Crippen LogP contribution in [0.2, 0.25) is 0 Å². The highest BCUT2D eigenvalue weighted by Gasteiger charge is 2.23. The lowest BCUT2D eigenvalue weighted by Crippen LogP contribution is -2.38. The Hall–Kier alpha value is -2.23. The van der Waals surface area contributed by atoms with Crippen LogP contribution in [0.15, 0.2) is 42.7 Å². The van der Waals surface area contributed by atoms with Gasteiger partial charge in [-0.1, -0.05) is 19.9 Å². The van der Waals surface area contributed by atoms with Crippen LogP contribution in [0.4, 0.5) is 5.82 Å². The number of hydrogen-bond acceptors (Lipinski definition) is 4. The predicted octanol–water partition coefficient (Wildman–Crippen LogP) is 3.58. The van der Waals surface area contributed by atoms with Crippen molar-refractivity contribution in [2.45, 2.75) is 26.7 Å². The van der Waals surface area contributed by atoms with Gasteiger partial charge in [0.2, 0.25) is 5.78 Å². The lowest BCUT2D eigenvalue weighted by atomic mass is 9.88. The van der Waals surface area contributed by atoms with Crippen LogP contribution >= 0.6 is 0 Å². The van der Waals surface area contributed by atoms with Crippen LogP contribution < -0.4 is 4.90 Å². The highest BCUT2D eigenvalue weighted by atomic mass is 16.1. The van der Waals surface area contributed by atoms with Crippen molar-refractivity contribution in [2.75, 3.05) is 18.0 Å². The van der Waals surface area contributed by atoms with E-state index >= 15 is 0 Å². The van der Waals surface area contributed by atoms with E-state index in [0.717, 1.165) is 18.9 Å². The summed E-state index contributed by atoms with van der Waals surface area (Å²) < 4.78 is 0. The molecule has 1 fully saturated rings. The van der Waals surface area contributed by atoms with Crippen molar-refractivity contribution in [3.8, 4) is 0 Å². The Bertz CT molecular complexity index is 669. The molecular weight excluding hydrogens is 286 g/mol. The highest BCUT2D eigenvalue weighted by Crippen LogP contribution is 2.26. The van der Waals surface area contributed by atoms with Crippen LogP contribution in [0.3, 0.4) is 0 Å². The Morgan fingerprint density at radius 3 is 2.87 bits per heavy atom. The van der Waals surface area contributed by atoms with Crippen molar-refractivity contribution in [1.29, 1.82) is 0 Å². The van der Waals surface area contributed by atoms with E-state index in [1.807, 2.05) is 12.1 Å². The molecule has 0 unspecified atom stereocenters. The summed E-state index contributed by atoms with van der Waals surface area (Å²) in [5.74, 6) is 2.21. The molecule has 3 rings (SSSR count). The minimum absolute atomic E-state index is 0.0719. The van der Waals surface area contributed by atoms with E-state index in [4.69, 9.17) is 0 Å². The van der Waals surface area contributed by atoms with Crippen LogP contribution in [0.5, 0.6) is 0 Å². The second kappa shape index (κ2) is 6.90. The normalized spacial score (nSPS) is 18.2. The number of rotatable bonds is 4. The molecule has 1 aliphatic rings. The number of pyridine rings is 2. The predicted molar refractivity (Wildman–Crippen MR) is 91.7 cm³/mol. The zero-order chi connectivity index (χ0) is 16.2. The van der Waals surface area contributed by atoms with Crippen molar-refractivity contribution >= 4 is 11.6 Å². The number of nitrogens with zero attached hydrogens (tertiary/aromatic N) is 3. The summed E-state index contributed by atoms with van der Waals surface area (Å²) in [7, 11) is 0. The number of anilines is 1. The third-order valence-electron chi connectivity index (χ3n) is 4.62. The van der Waals surface area contributed by atoms with Gasteiger partial charge in [0.1, 0.15) is 11.5 Å². The topological polar surface area (TPSA) is 46.1 Å². The number of piperidine rings is 1. The number of carbonyl (C=O) groups is 1. The first-order chi connectivity index (χ1) is 11.1. The van der Waals surface area contributed by atoms with E-state index in [1.165, 1.54) is 12.8 Å². The zero-order valence-corrected chi connectivity index (χ0v) is 13.8. The molecule has 0 bridgehead atoms. The van der Waals surface area contributed by atoms with Gasteiger partial charge in [-0.3, -0.25) is 9.78 Å². The molecule has 0 spiro atoms. The Morgan fingerprint density at radius 2 is 2.13 bits per heavy atom. The van der Waals surface area contributed by atoms with Gasteiger partial charge in [-0.15, -0.1) is 0 Å². The Kier molecular flexibility index (Phi) is 4.70. The first kappa shape index (κ1) is 15.7. The average Bonchev–Trinajstić information content (AvgIpc) is 2.62. The monoisotopic (exact) mass is 309 g/mol. The summed E-state index contributed by atoms with van der Waals surface area (Å²) in [6, 6.07) is 9.25. The molecule has 2 aromatic rings. The maximum atomic E-state index is 12.5. The molecule has 3 heterocycles. The summed E-state index contributed by atoms with van der Waals surface area (Å²) >= 11 is 0. The third kappa shape index (κ3) is 3.58. The van der Waals surface area contributed by atoms with Crippen LogP contribution in [-0.4, -0.2) is 28.8 Å². The SMILES string of the molecule is CC(C)[C@H]1CCCN(c2cccc(C(=O)c3cccnc3)n2)C1. The summed E-state index contributed by atoms with van der Waals surface area (Å²) in [6.07, 6.45) is 5.72. The molecule has 2 aromatic heterocycles. The highest BCUT2D eigenvalue weighted by molar-refractivity contribution is 6.07. The summed E-state index contributed by atoms with van der Waals surface area (Å²) in [6.45, 7) is 6.60. The molecule has 4 heteroatoms. The van der Waals surface area contributed by atoms with E-state index in [0.29, 0.717) is 23.1 Å². The zero-order valence-electron chi connectivity index (χ0n) is 13.8. The average molecular weight is 309 g/mol. The molecule has 1 aliphatic heterocycles. The maximum Gasteiger partial charge on any atom is 0.212 e. The molecule has 0 aromatic carbocycles. The standard InChI is InChI=1S/C19H23N3O/c1-14(2)16-7-5-11-22(13-16)18-9-3-8-17(21-18)19(23)15-6-4-10-20-12-15/h3-4,6,8-10,12,14,16H,5,7,11,13H2,1-2H3/t16-/m0/s1. The van der Waals surface area contributed by atoms with Gasteiger partial charge in [0.25, 0.3) is 0 Å². The lowest BCUT2D eigenvalue weighted by molar-refractivity contribution is 0.103. The third-order valence-corrected chi connectivity index (χ3v) is 4.62. The first-order valence-electron chi connectivity index (χ1n) is 8.32. The molecule has 0 N–H and O–H groups in total. The van der Waals surface area contributed by atoms with Gasteiger partial charge in [0.15, 0.2) is 0 Å². The summed E-state index contributed by atoms with van der Waals surface area (Å²) in [5.41, 5.74) is 1.07. The number of hydrogen-bond donors (Lipinski definition) is 0. The Labute approximate surface area is 137 Å². The van der Waals surface area contributed by atoms with Crippen LogP contribution in [0, 0.1) is 11.8 Å². The van der Waals surface area contributed by atoms with Crippen molar-refractivity contribution in [3.63, 3.8) is 0 Å². The lowest BCUT2D eigenvalue weighted by Gasteiger charge is -2.35. The molecule has 4 nitrogen and oxygen atoms in total. The fraction of sp³-hybridized carbons (Fsp3) is 0.421. The van der Waals surface area contributed by atoms with Gasteiger partial charge in [0, 0.05) is 31.0 Å². The van der Waals surface area contributed by atoms with Crippen molar-refractivity contribution in [3.05, 3.63) is 54.0 Å². The smallest absolute Gasteiger partial charge is 0.212 e. The molecule has 0 radical (unpaired) electrons. The molecule has 23 heavy (non-hydrogen) atoms. The molecule has 0 amide bonds. The van der Waals surface area contributed by atoms with E-state index < -0.39 is 0 Å². The van der Waals surface area contributed by atoms with E-state index in [2.05, 4.69) is 28.7 Å². The van der Waals surface area contributed by atoms with Gasteiger partial charge < -0.3 is 4.90 Å². The molecular formula is C19H23N3O. The summed E-state index contributed by atoms with van der Waals surface area (Å²) in [5, 5.41) is 0. The fourth-order valence-corrected chi connectivity index (χ4v) is 3.13. The second-order valence-electron chi connectivity index (χ2n) is 6.54. The number of aromatic nitrogens is 2. The van der Waals surface area contributed by atoms with Crippen LogP contribution in [0.25, 0.3) is 0 Å². The molecule has 0 saturated carbocycles. The maximum absolute atomic E-state index is 12.5. The van der Waals surface area contributed by atoms with Gasteiger partial charge in [-0.2, -0.15) is 0 Å². The summed E-state index contributed by atoms with van der Waals surface area (Å²) in [4.78, 5) is 23.5. The van der Waals surface area contributed by atoms with Crippen LogP contribution in [-0.2, 0) is 0 Å². The van der Waals surface area contributed by atoms with Gasteiger partial charge in [-0.25, -0.2) is 4.98 Å². The minimum Gasteiger partial charge on any atom is -0.356 e. The van der Waals surface area contributed by atoms with Crippen molar-refractivity contribution in [2.24, 2.45) is 11.8 Å². The minimum atomic E-state index is -0.0719. The van der Waals surface area contributed by atoms with Crippen molar-refractivity contribution < 1.29 is 4.79 Å². The van der Waals surface area contributed by atoms with E-state index in [9.17, 15) is 4.79 Å². The van der Waals surface area contributed by atoms with Crippen LogP contribution in [0.1, 0.15) is 42.7 Å². The molecule has 120 valence electrons. The van der Waals surface area contributed by atoms with E-state index in [1.54, 1.807) is 30.6 Å². The van der Waals surface area contributed by atoms with E-state index in [-0.39, 0.29) is 5.78 Å². The largest absolute Gasteiger partial charge is 0.356 e. The molecule has 1 saturated heterocycles. The first-order valence-corrected chi connectivity index (χ1v) is 8.32. The Morgan fingerprint density at radius 1 is 1.26 bits per heavy atom. The quantitative estimate of drug-likeness (QED) is 0.810. The fourth-order valence-electron chi connectivity index (χ4n) is 3.13. The number of ketones is 1. The second-order valence-corrected chi connectivity index (χ2v) is 6.54.